The predicted molar refractivity (Wildman–Crippen MR) is 90.4 cm³/mol. The van der Waals surface area contributed by atoms with Crippen LogP contribution in [0.5, 0.6) is 0 Å². The molecule has 0 aromatic heterocycles. The quantitative estimate of drug-likeness (QED) is 0.907. The molecule has 3 rings (SSSR count). The number of rotatable bonds is 4. The minimum atomic E-state index is -0.340. The van der Waals surface area contributed by atoms with E-state index < -0.39 is 0 Å². The molecule has 24 heavy (non-hydrogen) atoms. The van der Waals surface area contributed by atoms with Gasteiger partial charge in [0, 0.05) is 26.2 Å². The van der Waals surface area contributed by atoms with Gasteiger partial charge in [-0.05, 0) is 31.5 Å². The molecule has 2 fully saturated rings. The van der Waals surface area contributed by atoms with Gasteiger partial charge in [-0.3, -0.25) is 4.79 Å². The van der Waals surface area contributed by atoms with E-state index in [4.69, 9.17) is 4.74 Å². The molecule has 2 aliphatic heterocycles. The third-order valence-corrected chi connectivity index (χ3v) is 4.90. The number of nitrogens with one attached hydrogen (secondary N) is 1. The summed E-state index contributed by atoms with van der Waals surface area (Å²) in [4.78, 5) is 28.0. The van der Waals surface area contributed by atoms with Crippen LogP contribution in [0.1, 0.15) is 18.4 Å². The molecule has 0 bridgehead atoms. The molecular weight excluding hydrogens is 306 g/mol. The summed E-state index contributed by atoms with van der Waals surface area (Å²) in [5, 5.41) is 3.31. The summed E-state index contributed by atoms with van der Waals surface area (Å²) in [6.07, 6.45) is 1.66. The van der Waals surface area contributed by atoms with Crippen molar-refractivity contribution in [3.8, 4) is 0 Å². The average molecular weight is 331 g/mol. The van der Waals surface area contributed by atoms with Crippen molar-refractivity contribution in [2.24, 2.45) is 5.92 Å². The first-order valence-electron chi connectivity index (χ1n) is 8.58. The van der Waals surface area contributed by atoms with Crippen LogP contribution in [0.25, 0.3) is 0 Å². The van der Waals surface area contributed by atoms with Crippen LogP contribution in [0.4, 0.5) is 4.79 Å². The SMILES string of the molecule is CN(C(=O)C1CN(C(=O)OCc2ccccc2)C1)C1CCNCC1. The third-order valence-electron chi connectivity index (χ3n) is 4.90. The van der Waals surface area contributed by atoms with Crippen molar-refractivity contribution in [3.05, 3.63) is 35.9 Å². The minimum absolute atomic E-state index is 0.0887. The van der Waals surface area contributed by atoms with Crippen LogP contribution in [0.2, 0.25) is 0 Å². The first kappa shape index (κ1) is 16.8. The molecule has 130 valence electrons. The van der Waals surface area contributed by atoms with Gasteiger partial charge in [-0.15, -0.1) is 0 Å². The molecule has 2 aliphatic rings. The Hall–Kier alpha value is -2.08. The second-order valence-electron chi connectivity index (χ2n) is 6.57. The maximum Gasteiger partial charge on any atom is 0.410 e. The monoisotopic (exact) mass is 331 g/mol. The van der Waals surface area contributed by atoms with Gasteiger partial charge in [0.05, 0.1) is 5.92 Å². The largest absolute Gasteiger partial charge is 0.445 e. The van der Waals surface area contributed by atoms with Gasteiger partial charge in [0.2, 0.25) is 5.91 Å². The second-order valence-corrected chi connectivity index (χ2v) is 6.57. The fourth-order valence-electron chi connectivity index (χ4n) is 3.26. The molecule has 0 radical (unpaired) electrons. The summed E-state index contributed by atoms with van der Waals surface area (Å²) in [5.41, 5.74) is 0.963. The Morgan fingerprint density at radius 2 is 1.88 bits per heavy atom. The van der Waals surface area contributed by atoms with Gasteiger partial charge in [-0.1, -0.05) is 30.3 Å². The first-order valence-corrected chi connectivity index (χ1v) is 8.58. The Kier molecular flexibility index (Phi) is 5.35. The lowest BCUT2D eigenvalue weighted by atomic mass is 9.97. The molecule has 2 heterocycles. The number of benzene rings is 1. The van der Waals surface area contributed by atoms with Crippen LogP contribution >= 0.6 is 0 Å². The highest BCUT2D eigenvalue weighted by Crippen LogP contribution is 2.22. The van der Waals surface area contributed by atoms with E-state index in [1.165, 1.54) is 0 Å². The van der Waals surface area contributed by atoms with Gasteiger partial charge in [-0.2, -0.15) is 0 Å². The van der Waals surface area contributed by atoms with Gasteiger partial charge in [0.25, 0.3) is 0 Å². The number of hydrogen-bond donors (Lipinski definition) is 1. The van der Waals surface area contributed by atoms with Gasteiger partial charge in [-0.25, -0.2) is 4.79 Å². The van der Waals surface area contributed by atoms with Crippen molar-refractivity contribution in [2.75, 3.05) is 33.2 Å². The van der Waals surface area contributed by atoms with Crippen LogP contribution in [0, 0.1) is 5.92 Å². The Morgan fingerprint density at radius 1 is 1.21 bits per heavy atom. The normalized spacial score (nSPS) is 18.8. The lowest BCUT2D eigenvalue weighted by Gasteiger charge is -2.41. The standard InChI is InChI=1S/C18H25N3O3/c1-20(16-7-9-19-10-8-16)17(22)15-11-21(12-15)18(23)24-13-14-5-3-2-4-6-14/h2-6,15-16,19H,7-13H2,1H3. The van der Waals surface area contributed by atoms with Crippen LogP contribution in [-0.2, 0) is 16.1 Å². The number of hydrogen-bond acceptors (Lipinski definition) is 4. The van der Waals surface area contributed by atoms with Crippen molar-refractivity contribution in [1.82, 2.24) is 15.1 Å². The molecule has 2 amide bonds. The maximum absolute atomic E-state index is 12.5. The number of likely N-dealkylation sites (tertiary alicyclic amines) is 1. The van der Waals surface area contributed by atoms with E-state index in [2.05, 4.69) is 5.32 Å². The molecule has 1 N–H and O–H groups in total. The minimum Gasteiger partial charge on any atom is -0.445 e. The highest BCUT2D eigenvalue weighted by molar-refractivity contribution is 5.82. The zero-order valence-electron chi connectivity index (χ0n) is 14.1. The molecule has 1 aromatic carbocycles. The predicted octanol–water partition coefficient (Wildman–Crippen LogP) is 1.47. The van der Waals surface area contributed by atoms with Gasteiger partial charge >= 0.3 is 6.09 Å². The van der Waals surface area contributed by atoms with Crippen molar-refractivity contribution in [1.29, 1.82) is 0 Å². The maximum atomic E-state index is 12.5. The third kappa shape index (κ3) is 3.87. The van der Waals surface area contributed by atoms with Crippen molar-refractivity contribution in [2.45, 2.75) is 25.5 Å². The molecule has 0 saturated carbocycles. The number of piperidine rings is 1. The van der Waals surface area contributed by atoms with E-state index >= 15 is 0 Å². The highest BCUT2D eigenvalue weighted by Gasteiger charge is 2.39. The summed E-state index contributed by atoms with van der Waals surface area (Å²) in [6, 6.07) is 9.91. The molecule has 0 atom stereocenters. The van der Waals surface area contributed by atoms with E-state index in [9.17, 15) is 9.59 Å². The van der Waals surface area contributed by atoms with Crippen molar-refractivity contribution < 1.29 is 14.3 Å². The summed E-state index contributed by atoms with van der Waals surface area (Å²) in [5.74, 6) is 0.0585. The fourth-order valence-corrected chi connectivity index (χ4v) is 3.26. The highest BCUT2D eigenvalue weighted by atomic mass is 16.6. The second kappa shape index (κ2) is 7.66. The molecule has 1 aromatic rings. The number of ether oxygens (including phenoxy) is 1. The Morgan fingerprint density at radius 3 is 2.54 bits per heavy atom. The van der Waals surface area contributed by atoms with Crippen LogP contribution in [0.15, 0.2) is 30.3 Å². The zero-order chi connectivity index (χ0) is 16.9. The number of amides is 2. The van der Waals surface area contributed by atoms with E-state index in [0.717, 1.165) is 31.5 Å². The van der Waals surface area contributed by atoms with Gasteiger partial charge in [0.1, 0.15) is 6.61 Å². The fraction of sp³-hybridized carbons (Fsp3) is 0.556. The molecular formula is C18H25N3O3. The molecule has 6 nitrogen and oxygen atoms in total. The van der Waals surface area contributed by atoms with Crippen LogP contribution < -0.4 is 5.32 Å². The van der Waals surface area contributed by atoms with Crippen molar-refractivity contribution in [3.63, 3.8) is 0 Å². The van der Waals surface area contributed by atoms with Crippen LogP contribution in [0.3, 0.4) is 0 Å². The van der Waals surface area contributed by atoms with Gasteiger partial charge in [0.15, 0.2) is 0 Å². The summed E-state index contributed by atoms with van der Waals surface area (Å²) < 4.78 is 5.29. The number of carbonyl (C=O) groups excluding carboxylic acids is 2. The van der Waals surface area contributed by atoms with Crippen molar-refractivity contribution >= 4 is 12.0 Å². The molecule has 0 unspecified atom stereocenters. The lowest BCUT2D eigenvalue weighted by Crippen LogP contribution is -2.57. The van der Waals surface area contributed by atoms with E-state index in [1.54, 1.807) is 4.90 Å². The smallest absolute Gasteiger partial charge is 0.410 e. The zero-order valence-corrected chi connectivity index (χ0v) is 14.1. The van der Waals surface area contributed by atoms with E-state index in [-0.39, 0.29) is 24.5 Å². The van der Waals surface area contributed by atoms with E-state index in [1.807, 2.05) is 42.3 Å². The average Bonchev–Trinajstić information content (AvgIpc) is 2.59. The topological polar surface area (TPSA) is 61.9 Å². The lowest BCUT2D eigenvalue weighted by molar-refractivity contribution is -0.141. The molecule has 0 spiro atoms. The first-order chi connectivity index (χ1) is 11.6. The summed E-state index contributed by atoms with van der Waals surface area (Å²) in [6.45, 7) is 3.11. The summed E-state index contributed by atoms with van der Waals surface area (Å²) in [7, 11) is 1.88. The molecule has 0 aliphatic carbocycles. The number of carbonyl (C=O) groups is 2. The molecule has 6 heteroatoms. The van der Waals surface area contributed by atoms with Gasteiger partial charge < -0.3 is 19.9 Å². The van der Waals surface area contributed by atoms with Crippen LogP contribution in [-0.4, -0.2) is 61.1 Å². The summed E-state index contributed by atoms with van der Waals surface area (Å²) >= 11 is 0. The Bertz CT molecular complexity index is 566. The molecule has 2 saturated heterocycles. The Balaban J connectivity index is 1.41. The number of nitrogens with zero attached hydrogens (tertiary/aromatic N) is 2. The van der Waals surface area contributed by atoms with E-state index in [0.29, 0.717) is 19.1 Å². The Labute approximate surface area is 142 Å².